The molecule has 1 aromatic rings. The maximum Gasteiger partial charge on any atom is 0.148 e. The highest BCUT2D eigenvalue weighted by Crippen LogP contribution is 2.23. The number of nitrogens with two attached hydrogens (primary N) is 1. The smallest absolute Gasteiger partial charge is 0.148 e. The van der Waals surface area contributed by atoms with Gasteiger partial charge in [-0.2, -0.15) is 0 Å². The van der Waals surface area contributed by atoms with Crippen molar-refractivity contribution in [3.8, 4) is 0 Å². The van der Waals surface area contributed by atoms with Gasteiger partial charge in [-0.25, -0.2) is 15.8 Å². The molecule has 6 heteroatoms. The third kappa shape index (κ3) is 3.83. The Bertz CT molecular complexity index is 473. The van der Waals surface area contributed by atoms with E-state index in [0.717, 1.165) is 23.8 Å². The lowest BCUT2D eigenvalue weighted by atomic mass is 10.0. The number of anilines is 2. The highest BCUT2D eigenvalue weighted by Gasteiger charge is 2.19. The lowest BCUT2D eigenvalue weighted by Crippen LogP contribution is -2.41. The van der Waals surface area contributed by atoms with Crippen LogP contribution in [0.2, 0.25) is 0 Å². The van der Waals surface area contributed by atoms with Crippen molar-refractivity contribution >= 4 is 11.6 Å². The summed E-state index contributed by atoms with van der Waals surface area (Å²) >= 11 is 0. The topological polar surface area (TPSA) is 79.1 Å². The van der Waals surface area contributed by atoms with Crippen molar-refractivity contribution in [3.05, 3.63) is 11.4 Å². The zero-order valence-electron chi connectivity index (χ0n) is 13.6. The van der Waals surface area contributed by atoms with Gasteiger partial charge in [0.2, 0.25) is 0 Å². The van der Waals surface area contributed by atoms with Gasteiger partial charge in [0, 0.05) is 24.1 Å². The van der Waals surface area contributed by atoms with Crippen molar-refractivity contribution in [2.45, 2.75) is 52.0 Å². The van der Waals surface area contributed by atoms with E-state index in [1.54, 1.807) is 0 Å². The molecule has 21 heavy (non-hydrogen) atoms. The van der Waals surface area contributed by atoms with Crippen molar-refractivity contribution < 1.29 is 0 Å². The molecule has 0 aromatic carbocycles. The zero-order chi connectivity index (χ0) is 15.4. The van der Waals surface area contributed by atoms with Crippen LogP contribution in [0.1, 0.15) is 50.4 Å². The van der Waals surface area contributed by atoms with Gasteiger partial charge in [-0.05, 0) is 33.4 Å². The third-order valence-electron chi connectivity index (χ3n) is 4.24. The zero-order valence-corrected chi connectivity index (χ0v) is 13.6. The molecule has 1 unspecified atom stereocenters. The molecule has 118 valence electrons. The molecule has 1 aliphatic rings. The van der Waals surface area contributed by atoms with Gasteiger partial charge in [0.15, 0.2) is 0 Å². The standard InChI is InChI=1S/C15H28N6/c1-10(2)13-18-14(11(3)15(19-13)20-16)17-9-12-7-5-6-8-21(12)4/h10,12H,5-9,16H2,1-4H3,(H2,17,18,19,20). The molecule has 2 heterocycles. The Morgan fingerprint density at radius 1 is 1.29 bits per heavy atom. The summed E-state index contributed by atoms with van der Waals surface area (Å²) in [5, 5.41) is 3.49. The molecular formula is C15H28N6. The molecule has 1 aliphatic heterocycles. The molecule has 1 saturated heterocycles. The molecule has 1 fully saturated rings. The van der Waals surface area contributed by atoms with E-state index in [2.05, 4.69) is 46.5 Å². The number of rotatable bonds is 5. The minimum Gasteiger partial charge on any atom is -0.368 e. The van der Waals surface area contributed by atoms with Crippen molar-refractivity contribution in [2.24, 2.45) is 5.84 Å². The second-order valence-corrected chi connectivity index (χ2v) is 6.21. The number of hydrogen-bond donors (Lipinski definition) is 3. The van der Waals surface area contributed by atoms with Crippen LogP contribution in [0.3, 0.4) is 0 Å². The van der Waals surface area contributed by atoms with Gasteiger partial charge >= 0.3 is 0 Å². The summed E-state index contributed by atoms with van der Waals surface area (Å²) in [6, 6.07) is 0.574. The average Bonchev–Trinajstić information content (AvgIpc) is 2.47. The van der Waals surface area contributed by atoms with E-state index < -0.39 is 0 Å². The molecule has 0 saturated carbocycles. The summed E-state index contributed by atoms with van der Waals surface area (Å²) in [6.45, 7) is 8.26. The van der Waals surface area contributed by atoms with Gasteiger partial charge in [0.25, 0.3) is 0 Å². The molecule has 1 aromatic heterocycles. The first-order valence-electron chi connectivity index (χ1n) is 7.82. The Morgan fingerprint density at radius 3 is 2.62 bits per heavy atom. The van der Waals surface area contributed by atoms with Crippen LogP contribution in [0.15, 0.2) is 0 Å². The van der Waals surface area contributed by atoms with Crippen molar-refractivity contribution in [3.63, 3.8) is 0 Å². The maximum absolute atomic E-state index is 5.57. The quantitative estimate of drug-likeness (QED) is 0.570. The fraction of sp³-hybridized carbons (Fsp3) is 0.733. The number of aromatic nitrogens is 2. The number of likely N-dealkylation sites (N-methyl/N-ethyl adjacent to an activating group) is 1. The Labute approximate surface area is 127 Å². The molecule has 6 nitrogen and oxygen atoms in total. The molecule has 0 aliphatic carbocycles. The number of likely N-dealkylation sites (tertiary alicyclic amines) is 1. The highest BCUT2D eigenvalue weighted by atomic mass is 15.3. The second kappa shape index (κ2) is 7.04. The summed E-state index contributed by atoms with van der Waals surface area (Å²) in [5.41, 5.74) is 3.65. The Balaban J connectivity index is 2.12. The SMILES string of the molecule is Cc1c(NN)nc(C(C)C)nc1NCC1CCCCN1C. The first-order valence-corrected chi connectivity index (χ1v) is 7.82. The Hall–Kier alpha value is -1.40. The minimum absolute atomic E-state index is 0.274. The van der Waals surface area contributed by atoms with E-state index in [1.807, 2.05) is 6.92 Å². The highest BCUT2D eigenvalue weighted by molar-refractivity contribution is 5.57. The minimum atomic E-state index is 0.274. The first-order chi connectivity index (χ1) is 10.0. The maximum atomic E-state index is 5.57. The van der Waals surface area contributed by atoms with Crippen molar-refractivity contribution in [1.82, 2.24) is 14.9 Å². The molecule has 2 rings (SSSR count). The molecule has 4 N–H and O–H groups in total. The van der Waals surface area contributed by atoms with E-state index in [-0.39, 0.29) is 5.92 Å². The van der Waals surface area contributed by atoms with Crippen LogP contribution in [-0.2, 0) is 0 Å². The van der Waals surface area contributed by atoms with Crippen LogP contribution >= 0.6 is 0 Å². The van der Waals surface area contributed by atoms with E-state index in [1.165, 1.54) is 25.8 Å². The van der Waals surface area contributed by atoms with Gasteiger partial charge < -0.3 is 15.6 Å². The molecule has 0 spiro atoms. The van der Waals surface area contributed by atoms with E-state index in [0.29, 0.717) is 11.9 Å². The largest absolute Gasteiger partial charge is 0.368 e. The van der Waals surface area contributed by atoms with E-state index >= 15 is 0 Å². The van der Waals surface area contributed by atoms with Crippen LogP contribution in [0.5, 0.6) is 0 Å². The third-order valence-corrected chi connectivity index (χ3v) is 4.24. The number of nitrogen functional groups attached to an aromatic ring is 1. The lowest BCUT2D eigenvalue weighted by Gasteiger charge is -2.32. The van der Waals surface area contributed by atoms with E-state index in [9.17, 15) is 0 Å². The Kier molecular flexibility index (Phi) is 5.36. The van der Waals surface area contributed by atoms with Gasteiger partial charge in [0.05, 0.1) is 0 Å². The van der Waals surface area contributed by atoms with Gasteiger partial charge in [-0.1, -0.05) is 20.3 Å². The second-order valence-electron chi connectivity index (χ2n) is 6.21. The molecule has 0 radical (unpaired) electrons. The first kappa shape index (κ1) is 16.0. The van der Waals surface area contributed by atoms with E-state index in [4.69, 9.17) is 5.84 Å². The summed E-state index contributed by atoms with van der Waals surface area (Å²) in [5.74, 6) is 8.25. The number of hydrazine groups is 1. The normalized spacial score (nSPS) is 19.8. The molecular weight excluding hydrogens is 264 g/mol. The fourth-order valence-electron chi connectivity index (χ4n) is 2.72. The fourth-order valence-corrected chi connectivity index (χ4v) is 2.72. The average molecular weight is 292 g/mol. The number of hydrogen-bond acceptors (Lipinski definition) is 6. The van der Waals surface area contributed by atoms with Crippen LogP contribution in [0.25, 0.3) is 0 Å². The summed E-state index contributed by atoms with van der Waals surface area (Å²) < 4.78 is 0. The van der Waals surface area contributed by atoms with Crippen LogP contribution in [-0.4, -0.2) is 41.0 Å². The van der Waals surface area contributed by atoms with Gasteiger partial charge in [-0.15, -0.1) is 0 Å². The summed E-state index contributed by atoms with van der Waals surface area (Å²) in [6.07, 6.45) is 3.86. The van der Waals surface area contributed by atoms with Crippen LogP contribution in [0, 0.1) is 6.92 Å². The predicted octanol–water partition coefficient (Wildman–Crippen LogP) is 2.09. The van der Waals surface area contributed by atoms with Crippen molar-refractivity contribution in [2.75, 3.05) is 30.9 Å². The number of nitrogens with zero attached hydrogens (tertiary/aromatic N) is 3. The van der Waals surface area contributed by atoms with Gasteiger partial charge in [0.1, 0.15) is 17.5 Å². The summed E-state index contributed by atoms with van der Waals surface area (Å²) in [4.78, 5) is 11.5. The predicted molar refractivity (Wildman–Crippen MR) is 87.4 cm³/mol. The Morgan fingerprint density at radius 2 is 2.00 bits per heavy atom. The molecule has 0 bridgehead atoms. The lowest BCUT2D eigenvalue weighted by molar-refractivity contribution is 0.194. The van der Waals surface area contributed by atoms with Crippen LogP contribution < -0.4 is 16.6 Å². The monoisotopic (exact) mass is 292 g/mol. The molecule has 0 amide bonds. The number of piperidine rings is 1. The number of nitrogens with one attached hydrogen (secondary N) is 2. The summed E-state index contributed by atoms with van der Waals surface area (Å²) in [7, 11) is 2.20. The van der Waals surface area contributed by atoms with Gasteiger partial charge in [-0.3, -0.25) is 0 Å². The van der Waals surface area contributed by atoms with Crippen LogP contribution in [0.4, 0.5) is 11.6 Å². The molecule has 1 atom stereocenters. The van der Waals surface area contributed by atoms with Crippen molar-refractivity contribution in [1.29, 1.82) is 0 Å².